The summed E-state index contributed by atoms with van der Waals surface area (Å²) in [5, 5.41) is 11.7. The third kappa shape index (κ3) is 2.69. The van der Waals surface area contributed by atoms with Crippen molar-refractivity contribution in [2.45, 2.75) is 26.7 Å². The fraction of sp³-hybridized carbons (Fsp3) is 0.818. The van der Waals surface area contributed by atoms with Crippen molar-refractivity contribution in [2.24, 2.45) is 5.41 Å². The molecule has 0 radical (unpaired) electrons. The van der Waals surface area contributed by atoms with Gasteiger partial charge in [-0.1, -0.05) is 0 Å². The first kappa shape index (κ1) is 12.0. The Bertz CT molecular complexity index is 263. The molecule has 1 N–H and O–H groups in total. The average molecular weight is 209 g/mol. The summed E-state index contributed by atoms with van der Waals surface area (Å²) in [7, 11) is 0. The molecule has 1 saturated heterocycles. The summed E-state index contributed by atoms with van der Waals surface area (Å²) >= 11 is 0. The predicted octanol–water partition coefficient (Wildman–Crippen LogP) is 0.748. The Hall–Kier alpha value is -1.08. The highest BCUT2D eigenvalue weighted by molar-refractivity contribution is 5.83. The van der Waals surface area contributed by atoms with Gasteiger partial charge < -0.3 is 10.2 Å². The molecule has 4 nitrogen and oxygen atoms in total. The summed E-state index contributed by atoms with van der Waals surface area (Å²) < 4.78 is 0. The highest BCUT2D eigenvalue weighted by Gasteiger charge is 2.38. The Morgan fingerprint density at radius 3 is 2.87 bits per heavy atom. The number of hydrogen-bond acceptors (Lipinski definition) is 3. The molecule has 1 aliphatic rings. The van der Waals surface area contributed by atoms with E-state index in [2.05, 4.69) is 11.4 Å². The Kier molecular flexibility index (Phi) is 4.10. The van der Waals surface area contributed by atoms with Crippen LogP contribution in [0.15, 0.2) is 0 Å². The van der Waals surface area contributed by atoms with Crippen LogP contribution in [-0.2, 0) is 4.79 Å². The van der Waals surface area contributed by atoms with E-state index >= 15 is 0 Å². The normalized spacial score (nSPS) is 24.9. The summed E-state index contributed by atoms with van der Waals surface area (Å²) in [6.45, 7) is 6.88. The van der Waals surface area contributed by atoms with Crippen LogP contribution in [0.5, 0.6) is 0 Å². The maximum atomic E-state index is 12.2. The molecule has 0 bridgehead atoms. The average Bonchev–Trinajstić information content (AvgIpc) is 2.67. The number of nitriles is 1. The van der Waals surface area contributed by atoms with Crippen LogP contribution in [0.4, 0.5) is 0 Å². The predicted molar refractivity (Wildman–Crippen MR) is 58.1 cm³/mol. The van der Waals surface area contributed by atoms with Crippen LogP contribution < -0.4 is 5.32 Å². The van der Waals surface area contributed by atoms with Gasteiger partial charge in [0.15, 0.2) is 0 Å². The molecule has 1 fully saturated rings. The number of nitrogens with one attached hydrogen (secondary N) is 1. The molecule has 15 heavy (non-hydrogen) atoms. The smallest absolute Gasteiger partial charge is 0.229 e. The van der Waals surface area contributed by atoms with Gasteiger partial charge in [-0.05, 0) is 26.8 Å². The summed E-state index contributed by atoms with van der Waals surface area (Å²) in [4.78, 5) is 14.0. The van der Waals surface area contributed by atoms with Crippen molar-refractivity contribution in [2.75, 3.05) is 26.2 Å². The largest absolute Gasteiger partial charge is 0.341 e. The van der Waals surface area contributed by atoms with Gasteiger partial charge in [-0.2, -0.15) is 5.26 Å². The molecule has 0 aromatic rings. The van der Waals surface area contributed by atoms with Crippen molar-refractivity contribution >= 4 is 5.91 Å². The summed E-state index contributed by atoms with van der Waals surface area (Å²) in [5.41, 5.74) is -0.258. The number of nitrogens with zero attached hydrogens (tertiary/aromatic N) is 2. The van der Waals surface area contributed by atoms with Gasteiger partial charge in [-0.15, -0.1) is 0 Å². The van der Waals surface area contributed by atoms with Gasteiger partial charge in [0.1, 0.15) is 0 Å². The number of rotatable bonds is 4. The molecule has 1 rings (SSSR count). The molecule has 84 valence electrons. The van der Waals surface area contributed by atoms with Crippen LogP contribution in [0.25, 0.3) is 0 Å². The summed E-state index contributed by atoms with van der Waals surface area (Å²) in [5.74, 6) is 0.185. The van der Waals surface area contributed by atoms with Crippen LogP contribution in [0, 0.1) is 16.7 Å². The topological polar surface area (TPSA) is 56.1 Å². The first-order valence-electron chi connectivity index (χ1n) is 5.51. The lowest BCUT2D eigenvalue weighted by atomic mass is 9.88. The highest BCUT2D eigenvalue weighted by Crippen LogP contribution is 2.27. The lowest BCUT2D eigenvalue weighted by molar-refractivity contribution is -0.140. The SMILES string of the molecule is CCN(CCC#N)C(=O)C1(C)CCNC1. The van der Waals surface area contributed by atoms with E-state index in [9.17, 15) is 4.79 Å². The molecular formula is C11H19N3O. The number of amides is 1. The van der Waals surface area contributed by atoms with Crippen LogP contribution in [-0.4, -0.2) is 37.0 Å². The molecule has 0 aromatic carbocycles. The van der Waals surface area contributed by atoms with Gasteiger partial charge in [-0.3, -0.25) is 4.79 Å². The minimum Gasteiger partial charge on any atom is -0.341 e. The van der Waals surface area contributed by atoms with Crippen molar-refractivity contribution in [1.29, 1.82) is 5.26 Å². The van der Waals surface area contributed by atoms with E-state index in [4.69, 9.17) is 5.26 Å². The third-order valence-electron chi connectivity index (χ3n) is 3.05. The zero-order valence-electron chi connectivity index (χ0n) is 9.55. The van der Waals surface area contributed by atoms with Crippen molar-refractivity contribution in [3.05, 3.63) is 0 Å². The van der Waals surface area contributed by atoms with Crippen LogP contribution in [0.1, 0.15) is 26.7 Å². The van der Waals surface area contributed by atoms with E-state index < -0.39 is 0 Å². The quantitative estimate of drug-likeness (QED) is 0.743. The minimum absolute atomic E-state index is 0.185. The zero-order chi connectivity index (χ0) is 11.3. The second-order valence-electron chi connectivity index (χ2n) is 4.28. The lowest BCUT2D eigenvalue weighted by Gasteiger charge is -2.29. The Labute approximate surface area is 91.2 Å². The van der Waals surface area contributed by atoms with E-state index in [1.54, 1.807) is 4.90 Å². The van der Waals surface area contributed by atoms with Gasteiger partial charge in [0.05, 0.1) is 17.9 Å². The fourth-order valence-electron chi connectivity index (χ4n) is 1.97. The zero-order valence-corrected chi connectivity index (χ0v) is 9.55. The molecule has 1 heterocycles. The van der Waals surface area contributed by atoms with Crippen LogP contribution >= 0.6 is 0 Å². The van der Waals surface area contributed by atoms with E-state index in [0.717, 1.165) is 19.5 Å². The van der Waals surface area contributed by atoms with Crippen molar-refractivity contribution in [1.82, 2.24) is 10.2 Å². The monoisotopic (exact) mass is 209 g/mol. The lowest BCUT2D eigenvalue weighted by Crippen LogP contribution is -2.43. The number of hydrogen-bond donors (Lipinski definition) is 1. The molecule has 1 unspecified atom stereocenters. The van der Waals surface area contributed by atoms with Gasteiger partial charge in [0.25, 0.3) is 0 Å². The van der Waals surface area contributed by atoms with E-state index in [1.165, 1.54) is 0 Å². The van der Waals surface area contributed by atoms with Gasteiger partial charge in [0.2, 0.25) is 5.91 Å². The van der Waals surface area contributed by atoms with E-state index in [-0.39, 0.29) is 11.3 Å². The molecule has 0 aliphatic carbocycles. The Balaban J connectivity index is 2.60. The maximum absolute atomic E-state index is 12.2. The molecule has 1 atom stereocenters. The fourth-order valence-corrected chi connectivity index (χ4v) is 1.97. The highest BCUT2D eigenvalue weighted by atomic mass is 16.2. The Morgan fingerprint density at radius 1 is 1.67 bits per heavy atom. The molecule has 4 heteroatoms. The second-order valence-corrected chi connectivity index (χ2v) is 4.28. The molecular weight excluding hydrogens is 190 g/mol. The molecule has 0 saturated carbocycles. The van der Waals surface area contributed by atoms with Crippen molar-refractivity contribution in [3.63, 3.8) is 0 Å². The van der Waals surface area contributed by atoms with Gasteiger partial charge >= 0.3 is 0 Å². The standard InChI is InChI=1S/C11H19N3O/c1-3-14(8-4-6-12)10(15)11(2)5-7-13-9-11/h13H,3-5,7-9H2,1-2H3. The molecule has 1 aliphatic heterocycles. The third-order valence-corrected chi connectivity index (χ3v) is 3.05. The first-order valence-corrected chi connectivity index (χ1v) is 5.51. The van der Waals surface area contributed by atoms with Crippen LogP contribution in [0.2, 0.25) is 0 Å². The minimum atomic E-state index is -0.258. The number of carbonyl (C=O) groups is 1. The van der Waals surface area contributed by atoms with E-state index in [0.29, 0.717) is 19.5 Å². The number of carbonyl (C=O) groups excluding carboxylic acids is 1. The van der Waals surface area contributed by atoms with Gasteiger partial charge in [0, 0.05) is 19.6 Å². The first-order chi connectivity index (χ1) is 7.14. The maximum Gasteiger partial charge on any atom is 0.229 e. The van der Waals surface area contributed by atoms with Crippen LogP contribution in [0.3, 0.4) is 0 Å². The van der Waals surface area contributed by atoms with Gasteiger partial charge in [-0.25, -0.2) is 0 Å². The Morgan fingerprint density at radius 2 is 2.40 bits per heavy atom. The molecule has 1 amide bonds. The summed E-state index contributed by atoms with van der Waals surface area (Å²) in [6.07, 6.45) is 1.32. The summed E-state index contributed by atoms with van der Waals surface area (Å²) in [6, 6.07) is 2.08. The van der Waals surface area contributed by atoms with E-state index in [1.807, 2.05) is 13.8 Å². The molecule has 0 aromatic heterocycles. The molecule has 0 spiro atoms. The van der Waals surface area contributed by atoms with Crippen molar-refractivity contribution < 1.29 is 4.79 Å². The second kappa shape index (κ2) is 5.13. The van der Waals surface area contributed by atoms with Crippen molar-refractivity contribution in [3.8, 4) is 6.07 Å².